The summed E-state index contributed by atoms with van der Waals surface area (Å²) in [5.74, 6) is 1.53. The van der Waals surface area contributed by atoms with Crippen molar-refractivity contribution in [3.63, 3.8) is 0 Å². The molecule has 2 fully saturated rings. The Bertz CT molecular complexity index is 831. The van der Waals surface area contributed by atoms with Crippen LogP contribution in [0.4, 0.5) is 0 Å². The average molecular weight is 390 g/mol. The van der Waals surface area contributed by atoms with E-state index in [-0.39, 0.29) is 28.8 Å². The molecule has 4 rings (SSSR count). The van der Waals surface area contributed by atoms with E-state index in [1.807, 2.05) is 9.80 Å². The number of nitrogens with zero attached hydrogens (tertiary/aromatic N) is 5. The van der Waals surface area contributed by atoms with Crippen LogP contribution in [0, 0.1) is 17.3 Å². The first kappa shape index (κ1) is 19.2. The van der Waals surface area contributed by atoms with Crippen LogP contribution in [-0.2, 0) is 29.6 Å². The van der Waals surface area contributed by atoms with Crippen LogP contribution in [0.5, 0.6) is 0 Å². The molecule has 1 atom stereocenters. The van der Waals surface area contributed by atoms with E-state index >= 15 is 0 Å². The molecule has 28 heavy (non-hydrogen) atoms. The van der Waals surface area contributed by atoms with E-state index < -0.39 is 0 Å². The van der Waals surface area contributed by atoms with Gasteiger partial charge in [0.15, 0.2) is 0 Å². The molecule has 0 unspecified atom stereocenters. The number of rotatable bonds is 3. The summed E-state index contributed by atoms with van der Waals surface area (Å²) in [4.78, 5) is 41.6. The number of aryl methyl sites for hydroxylation is 2. The molecule has 154 valence electrons. The maximum Gasteiger partial charge on any atom is 0.345 e. The minimum absolute atomic E-state index is 0.0444. The average Bonchev–Trinajstić information content (AvgIpc) is 3.10. The zero-order chi connectivity index (χ0) is 20.1. The first-order valence-electron chi connectivity index (χ1n) is 10.5. The molecule has 8 heteroatoms. The fourth-order valence-electron chi connectivity index (χ4n) is 5.12. The van der Waals surface area contributed by atoms with Gasteiger partial charge in [0.1, 0.15) is 5.82 Å². The molecule has 8 nitrogen and oxygen atoms in total. The molecular weight excluding hydrogens is 358 g/mol. The number of carbonyl (C=O) groups excluding carboxylic acids is 2. The number of likely N-dealkylation sites (tertiary alicyclic amines) is 2. The molecule has 3 aliphatic heterocycles. The SMILES string of the molecule is CC(C)CN1CC2(CCN(C(=O)[C@H]3CCc4nn(C)c(=O)n4C3)CC2)CC1=O. The van der Waals surface area contributed by atoms with Crippen LogP contribution in [0.1, 0.15) is 45.4 Å². The fourth-order valence-corrected chi connectivity index (χ4v) is 5.12. The molecule has 2 amide bonds. The third-order valence-electron chi connectivity index (χ3n) is 6.68. The second kappa shape index (κ2) is 7.04. The Hall–Kier alpha value is -2.12. The molecule has 0 saturated carbocycles. The van der Waals surface area contributed by atoms with Gasteiger partial charge >= 0.3 is 5.69 Å². The minimum atomic E-state index is -0.147. The largest absolute Gasteiger partial charge is 0.345 e. The highest BCUT2D eigenvalue weighted by Crippen LogP contribution is 2.41. The van der Waals surface area contributed by atoms with Crippen molar-refractivity contribution < 1.29 is 9.59 Å². The zero-order valence-corrected chi connectivity index (χ0v) is 17.2. The second-order valence-electron chi connectivity index (χ2n) is 9.34. The van der Waals surface area contributed by atoms with Gasteiger partial charge in [-0.1, -0.05) is 13.8 Å². The smallest absolute Gasteiger partial charge is 0.342 e. The molecule has 0 aromatic carbocycles. The zero-order valence-electron chi connectivity index (χ0n) is 17.2. The third kappa shape index (κ3) is 3.37. The Morgan fingerprint density at radius 3 is 2.64 bits per heavy atom. The number of piperidine rings is 1. The summed E-state index contributed by atoms with van der Waals surface area (Å²) in [5.41, 5.74) is -0.0946. The van der Waals surface area contributed by atoms with Crippen molar-refractivity contribution in [3.05, 3.63) is 16.3 Å². The van der Waals surface area contributed by atoms with Crippen molar-refractivity contribution in [2.45, 2.75) is 52.5 Å². The van der Waals surface area contributed by atoms with Crippen LogP contribution in [0.3, 0.4) is 0 Å². The van der Waals surface area contributed by atoms with E-state index in [1.165, 1.54) is 4.68 Å². The summed E-state index contributed by atoms with van der Waals surface area (Å²) in [6, 6.07) is 0. The molecule has 1 aromatic rings. The first-order chi connectivity index (χ1) is 13.3. The van der Waals surface area contributed by atoms with Gasteiger partial charge in [-0.15, -0.1) is 0 Å². The summed E-state index contributed by atoms with van der Waals surface area (Å²) < 4.78 is 3.00. The Balaban J connectivity index is 1.37. The maximum absolute atomic E-state index is 13.1. The van der Waals surface area contributed by atoms with Gasteiger partial charge in [-0.25, -0.2) is 9.48 Å². The van der Waals surface area contributed by atoms with Gasteiger partial charge in [-0.3, -0.25) is 14.2 Å². The maximum atomic E-state index is 13.1. The molecular formula is C20H31N5O3. The normalized spacial score (nSPS) is 24.3. The first-order valence-corrected chi connectivity index (χ1v) is 10.5. The van der Waals surface area contributed by atoms with E-state index in [2.05, 4.69) is 18.9 Å². The highest BCUT2D eigenvalue weighted by molar-refractivity contribution is 5.80. The Morgan fingerprint density at radius 1 is 1.25 bits per heavy atom. The van der Waals surface area contributed by atoms with Crippen molar-refractivity contribution >= 4 is 11.8 Å². The molecule has 0 N–H and O–H groups in total. The molecule has 2 saturated heterocycles. The standard InChI is InChI=1S/C20H31N5O3/c1-14(2)11-24-13-20(10-17(24)26)6-8-23(9-7-20)18(27)15-4-5-16-21-22(3)19(28)25(16)12-15/h14-15H,4-13H2,1-3H3/t15-/m0/s1. The van der Waals surface area contributed by atoms with E-state index in [4.69, 9.17) is 0 Å². The summed E-state index contributed by atoms with van der Waals surface area (Å²) in [6.45, 7) is 7.81. The summed E-state index contributed by atoms with van der Waals surface area (Å²) in [6.07, 6.45) is 3.83. The van der Waals surface area contributed by atoms with Crippen molar-refractivity contribution in [1.82, 2.24) is 24.1 Å². The van der Waals surface area contributed by atoms with Gasteiger partial charge in [0, 0.05) is 58.0 Å². The van der Waals surface area contributed by atoms with Crippen LogP contribution in [0.15, 0.2) is 4.79 Å². The van der Waals surface area contributed by atoms with Crippen molar-refractivity contribution in [3.8, 4) is 0 Å². The molecule has 1 spiro atoms. The Labute approximate surface area is 165 Å². The minimum Gasteiger partial charge on any atom is -0.342 e. The topological polar surface area (TPSA) is 80.4 Å². The quantitative estimate of drug-likeness (QED) is 0.760. The third-order valence-corrected chi connectivity index (χ3v) is 6.68. The predicted molar refractivity (Wildman–Crippen MR) is 104 cm³/mol. The molecule has 0 aliphatic carbocycles. The molecule has 0 radical (unpaired) electrons. The summed E-state index contributed by atoms with van der Waals surface area (Å²) in [5, 5.41) is 4.25. The summed E-state index contributed by atoms with van der Waals surface area (Å²) in [7, 11) is 1.65. The predicted octanol–water partition coefficient (Wildman–Crippen LogP) is 0.641. The van der Waals surface area contributed by atoms with Gasteiger partial charge in [0.2, 0.25) is 11.8 Å². The number of aromatic nitrogens is 3. The lowest BCUT2D eigenvalue weighted by Gasteiger charge is -2.40. The lowest BCUT2D eigenvalue weighted by Crippen LogP contribution is -2.48. The number of carbonyl (C=O) groups is 2. The van der Waals surface area contributed by atoms with E-state index in [0.717, 1.165) is 38.2 Å². The van der Waals surface area contributed by atoms with E-state index in [1.54, 1.807) is 11.6 Å². The van der Waals surface area contributed by atoms with E-state index in [0.29, 0.717) is 38.4 Å². The molecule has 4 heterocycles. The summed E-state index contributed by atoms with van der Waals surface area (Å²) >= 11 is 0. The lowest BCUT2D eigenvalue weighted by molar-refractivity contribution is -0.138. The van der Waals surface area contributed by atoms with Gasteiger partial charge in [-0.2, -0.15) is 5.10 Å². The van der Waals surface area contributed by atoms with Crippen molar-refractivity contribution in [1.29, 1.82) is 0 Å². The lowest BCUT2D eigenvalue weighted by atomic mass is 9.77. The molecule has 1 aromatic heterocycles. The number of hydrogen-bond acceptors (Lipinski definition) is 4. The van der Waals surface area contributed by atoms with Crippen LogP contribution >= 0.6 is 0 Å². The highest BCUT2D eigenvalue weighted by Gasteiger charge is 2.46. The fraction of sp³-hybridized carbons (Fsp3) is 0.800. The van der Waals surface area contributed by atoms with Crippen LogP contribution in [0.25, 0.3) is 0 Å². The molecule has 0 bridgehead atoms. The Morgan fingerprint density at radius 2 is 1.96 bits per heavy atom. The molecule has 3 aliphatic rings. The second-order valence-corrected chi connectivity index (χ2v) is 9.34. The van der Waals surface area contributed by atoms with Crippen LogP contribution < -0.4 is 5.69 Å². The van der Waals surface area contributed by atoms with Gasteiger partial charge < -0.3 is 9.80 Å². The number of fused-ring (bicyclic) bond motifs is 1. The Kier molecular flexibility index (Phi) is 4.83. The van der Waals surface area contributed by atoms with Gasteiger partial charge in [-0.05, 0) is 25.2 Å². The monoisotopic (exact) mass is 389 g/mol. The number of amides is 2. The number of hydrogen-bond donors (Lipinski definition) is 0. The van der Waals surface area contributed by atoms with E-state index in [9.17, 15) is 14.4 Å². The van der Waals surface area contributed by atoms with Gasteiger partial charge in [0.05, 0.1) is 5.92 Å². The van der Waals surface area contributed by atoms with Gasteiger partial charge in [0.25, 0.3) is 0 Å². The van der Waals surface area contributed by atoms with Crippen molar-refractivity contribution in [2.24, 2.45) is 24.3 Å². The van der Waals surface area contributed by atoms with Crippen LogP contribution in [-0.4, -0.2) is 62.1 Å². The van der Waals surface area contributed by atoms with Crippen molar-refractivity contribution in [2.75, 3.05) is 26.2 Å². The highest BCUT2D eigenvalue weighted by atomic mass is 16.2. The van der Waals surface area contributed by atoms with Crippen LogP contribution in [0.2, 0.25) is 0 Å².